The van der Waals surface area contributed by atoms with E-state index >= 15 is 0 Å². The number of unbranched alkanes of at least 4 members (excludes halogenated alkanes) is 1. The van der Waals surface area contributed by atoms with Gasteiger partial charge in [0.15, 0.2) is 0 Å². The zero-order valence-corrected chi connectivity index (χ0v) is 16.2. The minimum atomic E-state index is -3.97. The van der Waals surface area contributed by atoms with Gasteiger partial charge in [-0.15, -0.1) is 0 Å². The lowest BCUT2D eigenvalue weighted by atomic mass is 10.4. The largest absolute Gasteiger partial charge is 0.492 e. The fourth-order valence-corrected chi connectivity index (χ4v) is 8.76. The Morgan fingerprint density at radius 2 is 1.21 bits per heavy atom. The highest BCUT2D eigenvalue weighted by Crippen LogP contribution is 2.57. The van der Waals surface area contributed by atoms with Crippen molar-refractivity contribution in [1.82, 2.24) is 0 Å². The molecule has 0 heterocycles. The van der Waals surface area contributed by atoms with Crippen LogP contribution in [0.3, 0.4) is 0 Å². The van der Waals surface area contributed by atoms with Gasteiger partial charge in [-0.05, 0) is 37.1 Å². The second-order valence-corrected chi connectivity index (χ2v) is 12.2. The first-order valence-corrected chi connectivity index (χ1v) is 12.8. The van der Waals surface area contributed by atoms with Crippen LogP contribution in [0.15, 0.2) is 60.7 Å². The van der Waals surface area contributed by atoms with Crippen molar-refractivity contribution >= 4 is 26.7 Å². The third-order valence-electron chi connectivity index (χ3n) is 4.45. The summed E-state index contributed by atoms with van der Waals surface area (Å²) in [4.78, 5) is 28.2. The third-order valence-corrected chi connectivity index (χ3v) is 10.2. The molecule has 0 amide bonds. The highest BCUT2D eigenvalue weighted by Gasteiger charge is 2.42. The van der Waals surface area contributed by atoms with E-state index in [0.29, 0.717) is 6.42 Å². The molecule has 2 rings (SSSR count). The van der Waals surface area contributed by atoms with E-state index in [0.717, 1.165) is 25.2 Å². The van der Waals surface area contributed by atoms with Crippen LogP contribution in [0.4, 0.5) is 0 Å². The van der Waals surface area contributed by atoms with Crippen molar-refractivity contribution in [2.75, 3.05) is 12.3 Å². The average molecular weight is 363 g/mol. The molecular formula is C19H28O3PSi+. The van der Waals surface area contributed by atoms with Crippen molar-refractivity contribution < 1.29 is 14.4 Å². The minimum Gasteiger partial charge on any atom is -0.390 e. The molecule has 0 aliphatic rings. The first kappa shape index (κ1) is 19.3. The molecule has 0 aromatic heterocycles. The van der Waals surface area contributed by atoms with Crippen LogP contribution in [0.1, 0.15) is 26.2 Å². The van der Waals surface area contributed by atoms with E-state index in [9.17, 15) is 14.4 Å². The summed E-state index contributed by atoms with van der Waals surface area (Å²) >= 11 is 0. The molecule has 0 spiro atoms. The van der Waals surface area contributed by atoms with E-state index in [2.05, 4.69) is 55.5 Å². The summed E-state index contributed by atoms with van der Waals surface area (Å²) in [5.74, 6) is 0. The minimum absolute atomic E-state index is 0.112. The van der Waals surface area contributed by atoms with Gasteiger partial charge >= 0.3 is 8.80 Å². The molecule has 0 bridgehead atoms. The van der Waals surface area contributed by atoms with Crippen LogP contribution < -0.4 is 10.6 Å². The van der Waals surface area contributed by atoms with Crippen molar-refractivity contribution in [2.24, 2.45) is 0 Å². The van der Waals surface area contributed by atoms with Gasteiger partial charge in [0, 0.05) is 6.04 Å². The zero-order chi connectivity index (χ0) is 17.5. The van der Waals surface area contributed by atoms with E-state index in [-0.39, 0.29) is 6.04 Å². The number of rotatable bonds is 9. The van der Waals surface area contributed by atoms with Gasteiger partial charge in [-0.25, -0.2) is 0 Å². The van der Waals surface area contributed by atoms with Crippen molar-refractivity contribution in [3.8, 4) is 0 Å². The second-order valence-electron chi connectivity index (χ2n) is 6.32. The van der Waals surface area contributed by atoms with Crippen LogP contribution in [-0.4, -0.2) is 35.5 Å². The smallest absolute Gasteiger partial charge is 0.390 e. The molecule has 2 aromatic rings. The van der Waals surface area contributed by atoms with Crippen LogP contribution >= 0.6 is 7.26 Å². The van der Waals surface area contributed by atoms with Gasteiger partial charge < -0.3 is 14.4 Å². The molecule has 24 heavy (non-hydrogen) atoms. The van der Waals surface area contributed by atoms with Crippen molar-refractivity contribution in [1.29, 1.82) is 0 Å². The molecule has 5 heteroatoms. The first-order valence-electron chi connectivity index (χ1n) is 8.63. The predicted octanol–water partition coefficient (Wildman–Crippen LogP) is 2.76. The van der Waals surface area contributed by atoms with Gasteiger partial charge in [-0.1, -0.05) is 49.7 Å². The summed E-state index contributed by atoms with van der Waals surface area (Å²) in [5.41, 5.74) is 0. The van der Waals surface area contributed by atoms with Gasteiger partial charge in [0.05, 0.1) is 30.2 Å². The van der Waals surface area contributed by atoms with Gasteiger partial charge in [-0.2, -0.15) is 0 Å². The van der Waals surface area contributed by atoms with Gasteiger partial charge in [0.1, 0.15) is 0 Å². The van der Waals surface area contributed by atoms with Crippen LogP contribution in [0, 0.1) is 0 Å². The van der Waals surface area contributed by atoms with Gasteiger partial charge in [0.25, 0.3) is 0 Å². The van der Waals surface area contributed by atoms with Crippen molar-refractivity contribution in [2.45, 2.75) is 32.2 Å². The maximum absolute atomic E-state index is 9.39. The molecule has 2 aromatic carbocycles. The van der Waals surface area contributed by atoms with Crippen LogP contribution in [0.2, 0.25) is 6.04 Å². The predicted molar refractivity (Wildman–Crippen MR) is 106 cm³/mol. The maximum Gasteiger partial charge on any atom is 0.492 e. The van der Waals surface area contributed by atoms with Crippen molar-refractivity contribution in [3.05, 3.63) is 60.7 Å². The normalized spacial score (nSPS) is 12.3. The van der Waals surface area contributed by atoms with E-state index in [1.165, 1.54) is 10.6 Å². The lowest BCUT2D eigenvalue weighted by Gasteiger charge is -2.28. The fourth-order valence-electron chi connectivity index (χ4n) is 3.22. The van der Waals surface area contributed by atoms with E-state index in [4.69, 9.17) is 0 Å². The van der Waals surface area contributed by atoms with E-state index in [1.807, 2.05) is 12.1 Å². The Morgan fingerprint density at radius 1 is 0.750 bits per heavy atom. The quantitative estimate of drug-likeness (QED) is 0.474. The Balaban J connectivity index is 2.40. The summed E-state index contributed by atoms with van der Waals surface area (Å²) in [7, 11) is -5.59. The van der Waals surface area contributed by atoms with Gasteiger partial charge in [0.2, 0.25) is 0 Å². The molecule has 0 unspecified atom stereocenters. The van der Waals surface area contributed by atoms with Crippen molar-refractivity contribution in [3.63, 3.8) is 0 Å². The molecule has 0 saturated carbocycles. The van der Waals surface area contributed by atoms with Crippen LogP contribution in [0.5, 0.6) is 0 Å². The maximum atomic E-state index is 9.39. The first-order chi connectivity index (χ1) is 11.5. The summed E-state index contributed by atoms with van der Waals surface area (Å²) in [6, 6.07) is 21.4. The Bertz CT molecular complexity index is 560. The molecule has 0 atom stereocenters. The Kier molecular flexibility index (Phi) is 7.14. The number of benzene rings is 2. The lowest BCUT2D eigenvalue weighted by molar-refractivity contribution is 0.227. The standard InChI is InChI=1S/C19H28O3PSi/c1-2-3-15-23(16-10-17-24(20,21)22,18-11-6-4-7-12-18)19-13-8-5-9-14-19/h4-9,11-14,20-22H,2-3,10,15-17H2,1H3/q+1. The number of hydrogen-bond donors (Lipinski definition) is 3. The molecule has 130 valence electrons. The lowest BCUT2D eigenvalue weighted by Crippen LogP contribution is -2.35. The summed E-state index contributed by atoms with van der Waals surface area (Å²) < 4.78 is 0. The van der Waals surface area contributed by atoms with E-state index < -0.39 is 16.1 Å². The topological polar surface area (TPSA) is 60.7 Å². The monoisotopic (exact) mass is 363 g/mol. The molecule has 0 aliphatic carbocycles. The molecule has 0 saturated heterocycles. The molecular weight excluding hydrogens is 335 g/mol. The summed E-state index contributed by atoms with van der Waals surface area (Å²) in [5, 5.41) is 2.73. The Morgan fingerprint density at radius 3 is 1.62 bits per heavy atom. The van der Waals surface area contributed by atoms with Gasteiger partial charge in [-0.3, -0.25) is 0 Å². The molecule has 0 radical (unpaired) electrons. The fraction of sp³-hybridized carbons (Fsp3) is 0.368. The summed E-state index contributed by atoms with van der Waals surface area (Å²) in [6.45, 7) is 2.21. The van der Waals surface area contributed by atoms with Crippen LogP contribution in [0.25, 0.3) is 0 Å². The third kappa shape index (κ3) is 5.23. The number of hydrogen-bond acceptors (Lipinski definition) is 3. The SMILES string of the molecule is CCCC[P+](CCC[Si](O)(O)O)(c1ccccc1)c1ccccc1. The zero-order valence-electron chi connectivity index (χ0n) is 14.3. The second kappa shape index (κ2) is 8.89. The molecule has 0 aliphatic heterocycles. The van der Waals surface area contributed by atoms with Crippen LogP contribution in [-0.2, 0) is 0 Å². The molecule has 0 fully saturated rings. The highest BCUT2D eigenvalue weighted by atomic mass is 31.2. The Labute approximate surface area is 146 Å². The molecule has 3 N–H and O–H groups in total. The van der Waals surface area contributed by atoms with E-state index in [1.54, 1.807) is 0 Å². The Hall–Kier alpha value is -1.03. The molecule has 3 nitrogen and oxygen atoms in total. The summed E-state index contributed by atoms with van der Waals surface area (Å²) in [6.07, 6.45) is 4.94. The highest BCUT2D eigenvalue weighted by molar-refractivity contribution is 7.89. The average Bonchev–Trinajstić information content (AvgIpc) is 2.58.